The van der Waals surface area contributed by atoms with Gasteiger partial charge in [0, 0.05) is 11.6 Å². The van der Waals surface area contributed by atoms with Crippen molar-refractivity contribution in [2.45, 2.75) is 31.3 Å². The molecule has 2 aromatic carbocycles. The van der Waals surface area contributed by atoms with E-state index in [1.807, 2.05) is 0 Å². The highest BCUT2D eigenvalue weighted by molar-refractivity contribution is 5.75. The summed E-state index contributed by atoms with van der Waals surface area (Å²) in [6, 6.07) is 5.67. The Morgan fingerprint density at radius 2 is 1.76 bits per heavy atom. The highest BCUT2D eigenvalue weighted by atomic mass is 19.4. The number of fused-ring (bicyclic) bond motifs is 1. The number of aromatic nitrogens is 7. The van der Waals surface area contributed by atoms with Gasteiger partial charge in [0.1, 0.15) is 41.6 Å². The predicted octanol–water partition coefficient (Wildman–Crippen LogP) is 3.62. The van der Waals surface area contributed by atoms with Gasteiger partial charge in [-0.05, 0) is 37.3 Å². The monoisotopic (exact) mass is 531 g/mol. The van der Waals surface area contributed by atoms with Crippen molar-refractivity contribution in [3.05, 3.63) is 101 Å². The fourth-order valence-electron chi connectivity index (χ4n) is 4.26. The van der Waals surface area contributed by atoms with Crippen LogP contribution in [0, 0.1) is 11.6 Å². The first kappa shape index (κ1) is 25.2. The highest BCUT2D eigenvalue weighted by Gasteiger charge is 2.41. The molecule has 196 valence electrons. The lowest BCUT2D eigenvalue weighted by Gasteiger charge is -2.35. The van der Waals surface area contributed by atoms with Gasteiger partial charge in [-0.25, -0.2) is 28.1 Å². The fourth-order valence-corrected chi connectivity index (χ4v) is 4.26. The number of nitrogens with zero attached hydrogens (tertiary/aromatic N) is 7. The Kier molecular flexibility index (Phi) is 6.06. The summed E-state index contributed by atoms with van der Waals surface area (Å²) in [4.78, 5) is 21.5. The zero-order valence-electron chi connectivity index (χ0n) is 19.5. The van der Waals surface area contributed by atoms with Crippen LogP contribution in [0.5, 0.6) is 0 Å². The van der Waals surface area contributed by atoms with Crippen LogP contribution in [-0.4, -0.2) is 39.2 Å². The second-order valence-electron chi connectivity index (χ2n) is 8.61. The third kappa shape index (κ3) is 4.32. The lowest BCUT2D eigenvalue weighted by molar-refractivity contribution is -0.137. The highest BCUT2D eigenvalue weighted by Crippen LogP contribution is 2.36. The van der Waals surface area contributed by atoms with E-state index in [-0.39, 0.29) is 28.8 Å². The van der Waals surface area contributed by atoms with Crippen LogP contribution in [0.25, 0.3) is 16.7 Å². The summed E-state index contributed by atoms with van der Waals surface area (Å²) in [5.74, 6) is -1.88. The van der Waals surface area contributed by atoms with Gasteiger partial charge in [-0.3, -0.25) is 9.36 Å². The summed E-state index contributed by atoms with van der Waals surface area (Å²) in [5, 5.41) is 19.8. The van der Waals surface area contributed by atoms with Gasteiger partial charge < -0.3 is 5.11 Å². The molecule has 0 spiro atoms. The standard InChI is InChI=1S/C24H18F5N7O2/c1-14(23(38,10-34-12-30-11-33-34)19-7-4-16(25)8-20(19)26)35-13-31-21-18(22(35)37)9-32-36(21)17-5-2-15(3-6-17)24(27,28)29/h2-9,11-14,38H,10H2,1H3. The van der Waals surface area contributed by atoms with Gasteiger partial charge in [0.2, 0.25) is 0 Å². The minimum atomic E-state index is -4.51. The molecular weight excluding hydrogens is 513 g/mol. The summed E-state index contributed by atoms with van der Waals surface area (Å²) in [6.07, 6.45) is 0.296. The molecule has 2 unspecified atom stereocenters. The van der Waals surface area contributed by atoms with Crippen LogP contribution in [-0.2, 0) is 18.3 Å². The number of halogens is 5. The number of benzene rings is 2. The van der Waals surface area contributed by atoms with Crippen LogP contribution in [0.1, 0.15) is 24.1 Å². The van der Waals surface area contributed by atoms with Crippen molar-refractivity contribution in [3.63, 3.8) is 0 Å². The normalized spacial score (nSPS) is 14.5. The molecule has 0 aliphatic rings. The molecule has 0 fully saturated rings. The van der Waals surface area contributed by atoms with E-state index in [9.17, 15) is 31.9 Å². The van der Waals surface area contributed by atoms with Gasteiger partial charge in [0.25, 0.3) is 5.56 Å². The molecule has 14 heteroatoms. The van der Waals surface area contributed by atoms with Gasteiger partial charge >= 0.3 is 6.18 Å². The van der Waals surface area contributed by atoms with E-state index in [0.29, 0.717) is 6.07 Å². The molecule has 38 heavy (non-hydrogen) atoms. The molecule has 2 atom stereocenters. The minimum absolute atomic E-state index is 0.00179. The first-order valence-corrected chi connectivity index (χ1v) is 11.1. The average Bonchev–Trinajstić information content (AvgIpc) is 3.53. The molecule has 0 radical (unpaired) electrons. The van der Waals surface area contributed by atoms with Crippen molar-refractivity contribution in [2.75, 3.05) is 0 Å². The Hall–Kier alpha value is -4.46. The first-order chi connectivity index (χ1) is 18.0. The molecule has 0 saturated heterocycles. The summed E-state index contributed by atoms with van der Waals surface area (Å²) >= 11 is 0. The minimum Gasteiger partial charge on any atom is -0.381 e. The zero-order valence-corrected chi connectivity index (χ0v) is 19.5. The van der Waals surface area contributed by atoms with Crippen molar-refractivity contribution < 1.29 is 27.1 Å². The van der Waals surface area contributed by atoms with Crippen LogP contribution >= 0.6 is 0 Å². The largest absolute Gasteiger partial charge is 0.416 e. The summed E-state index contributed by atoms with van der Waals surface area (Å²) in [6.45, 7) is 1.11. The van der Waals surface area contributed by atoms with E-state index in [4.69, 9.17) is 0 Å². The molecule has 0 bridgehead atoms. The number of hydrogen-bond donors (Lipinski definition) is 1. The van der Waals surface area contributed by atoms with Gasteiger partial charge in [-0.2, -0.15) is 23.4 Å². The SMILES string of the molecule is CC(n1cnc2c(cnn2-c2ccc(C(F)(F)F)cc2)c1=O)C(O)(Cn1cncn1)c1ccc(F)cc1F. The van der Waals surface area contributed by atoms with Gasteiger partial charge in [0.05, 0.1) is 30.0 Å². The maximum absolute atomic E-state index is 14.9. The van der Waals surface area contributed by atoms with E-state index >= 15 is 0 Å². The lowest BCUT2D eigenvalue weighted by atomic mass is 9.86. The zero-order chi connectivity index (χ0) is 27.2. The molecular formula is C24H18F5N7O2. The lowest BCUT2D eigenvalue weighted by Crippen LogP contribution is -2.43. The second kappa shape index (κ2) is 9.13. The molecule has 9 nitrogen and oxygen atoms in total. The van der Waals surface area contributed by atoms with Crippen LogP contribution in [0.2, 0.25) is 0 Å². The van der Waals surface area contributed by atoms with Crippen molar-refractivity contribution in [3.8, 4) is 5.69 Å². The third-order valence-corrected chi connectivity index (χ3v) is 6.33. The topological polar surface area (TPSA) is 104 Å². The van der Waals surface area contributed by atoms with Crippen LogP contribution < -0.4 is 5.56 Å². The van der Waals surface area contributed by atoms with Crippen LogP contribution in [0.15, 0.2) is 72.4 Å². The molecule has 0 amide bonds. The predicted molar refractivity (Wildman–Crippen MR) is 123 cm³/mol. The molecule has 3 heterocycles. The molecule has 5 rings (SSSR count). The Balaban J connectivity index is 1.58. The summed E-state index contributed by atoms with van der Waals surface area (Å²) < 4.78 is 70.8. The Labute approximate surface area is 210 Å². The van der Waals surface area contributed by atoms with Gasteiger partial charge in [0.15, 0.2) is 5.65 Å². The number of aliphatic hydroxyl groups is 1. The van der Waals surface area contributed by atoms with Crippen molar-refractivity contribution in [1.82, 2.24) is 34.1 Å². The Morgan fingerprint density at radius 1 is 1.03 bits per heavy atom. The molecule has 3 aromatic heterocycles. The molecule has 1 N–H and O–H groups in total. The third-order valence-electron chi connectivity index (χ3n) is 6.33. The first-order valence-electron chi connectivity index (χ1n) is 11.1. The Morgan fingerprint density at radius 3 is 2.39 bits per heavy atom. The average molecular weight is 531 g/mol. The molecule has 0 aliphatic carbocycles. The molecule has 5 aromatic rings. The van der Waals surface area contributed by atoms with Crippen molar-refractivity contribution in [2.24, 2.45) is 0 Å². The number of alkyl halides is 3. The van der Waals surface area contributed by atoms with E-state index in [0.717, 1.165) is 35.2 Å². The van der Waals surface area contributed by atoms with E-state index in [2.05, 4.69) is 20.2 Å². The number of hydrogen-bond acceptors (Lipinski definition) is 6. The van der Waals surface area contributed by atoms with Crippen LogP contribution in [0.3, 0.4) is 0 Å². The maximum Gasteiger partial charge on any atom is 0.416 e. The van der Waals surface area contributed by atoms with E-state index in [1.165, 1.54) is 47.3 Å². The number of rotatable bonds is 6. The van der Waals surface area contributed by atoms with E-state index in [1.54, 1.807) is 0 Å². The summed E-state index contributed by atoms with van der Waals surface area (Å²) in [7, 11) is 0. The fraction of sp³-hybridized carbons (Fsp3) is 0.208. The second-order valence-corrected chi connectivity index (χ2v) is 8.61. The van der Waals surface area contributed by atoms with Crippen LogP contribution in [0.4, 0.5) is 22.0 Å². The maximum atomic E-state index is 14.9. The van der Waals surface area contributed by atoms with Gasteiger partial charge in [-0.1, -0.05) is 6.07 Å². The van der Waals surface area contributed by atoms with Crippen molar-refractivity contribution >= 4 is 11.0 Å². The summed E-state index contributed by atoms with van der Waals surface area (Å²) in [5.41, 5.74) is -3.60. The Bertz CT molecular complexity index is 1660. The smallest absolute Gasteiger partial charge is 0.381 e. The van der Waals surface area contributed by atoms with Crippen molar-refractivity contribution in [1.29, 1.82) is 0 Å². The molecule has 0 aliphatic heterocycles. The van der Waals surface area contributed by atoms with E-state index < -0.39 is 40.6 Å². The quantitative estimate of drug-likeness (QED) is 0.336. The molecule has 0 saturated carbocycles. The van der Waals surface area contributed by atoms with Gasteiger partial charge in [-0.15, -0.1) is 0 Å².